The van der Waals surface area contributed by atoms with Crippen LogP contribution in [0, 0.1) is 5.41 Å². The molecule has 1 aromatic rings. The molecular formula is C21H30N2O3. The van der Waals surface area contributed by atoms with Crippen LogP contribution in [0.2, 0.25) is 0 Å². The SMILES string of the molecule is CC(C)N1CCC[C@@]2(CCN(C(=O)CCCOc3ccccc3)C2)C1=O. The van der Waals surface area contributed by atoms with Crippen molar-refractivity contribution in [1.82, 2.24) is 9.80 Å². The van der Waals surface area contributed by atoms with Gasteiger partial charge < -0.3 is 14.5 Å². The van der Waals surface area contributed by atoms with E-state index in [2.05, 4.69) is 13.8 Å². The molecule has 0 bridgehead atoms. The van der Waals surface area contributed by atoms with E-state index in [0.29, 0.717) is 32.5 Å². The number of hydrogen-bond acceptors (Lipinski definition) is 3. The fraction of sp³-hybridized carbons (Fsp3) is 0.619. The number of rotatable bonds is 6. The molecule has 3 rings (SSSR count). The van der Waals surface area contributed by atoms with Gasteiger partial charge in [-0.15, -0.1) is 0 Å². The van der Waals surface area contributed by atoms with Crippen LogP contribution in [0.5, 0.6) is 5.75 Å². The lowest BCUT2D eigenvalue weighted by atomic mass is 9.78. The number of benzene rings is 1. The largest absolute Gasteiger partial charge is 0.494 e. The molecule has 0 unspecified atom stereocenters. The summed E-state index contributed by atoms with van der Waals surface area (Å²) in [6.07, 6.45) is 3.93. The number of carbonyl (C=O) groups excluding carboxylic acids is 2. The Labute approximate surface area is 156 Å². The summed E-state index contributed by atoms with van der Waals surface area (Å²) in [5.74, 6) is 1.23. The van der Waals surface area contributed by atoms with Crippen LogP contribution in [0.15, 0.2) is 30.3 Å². The third-order valence-electron chi connectivity index (χ3n) is 5.65. The minimum Gasteiger partial charge on any atom is -0.494 e. The molecule has 2 fully saturated rings. The highest BCUT2D eigenvalue weighted by Gasteiger charge is 2.49. The van der Waals surface area contributed by atoms with Gasteiger partial charge in [0.2, 0.25) is 11.8 Å². The number of nitrogens with zero attached hydrogens (tertiary/aromatic N) is 2. The Morgan fingerprint density at radius 3 is 2.69 bits per heavy atom. The molecule has 2 saturated heterocycles. The van der Waals surface area contributed by atoms with E-state index >= 15 is 0 Å². The van der Waals surface area contributed by atoms with E-state index in [1.54, 1.807) is 0 Å². The summed E-state index contributed by atoms with van der Waals surface area (Å²) in [6, 6.07) is 9.90. The lowest BCUT2D eigenvalue weighted by molar-refractivity contribution is -0.148. The molecule has 0 N–H and O–H groups in total. The third-order valence-corrected chi connectivity index (χ3v) is 5.65. The van der Waals surface area contributed by atoms with Gasteiger partial charge in [-0.3, -0.25) is 9.59 Å². The number of likely N-dealkylation sites (tertiary alicyclic amines) is 2. The Kier molecular flexibility index (Phi) is 5.84. The zero-order valence-corrected chi connectivity index (χ0v) is 15.9. The summed E-state index contributed by atoms with van der Waals surface area (Å²) in [6.45, 7) is 6.82. The van der Waals surface area contributed by atoms with E-state index in [0.717, 1.165) is 31.6 Å². The quantitative estimate of drug-likeness (QED) is 0.734. The zero-order chi connectivity index (χ0) is 18.6. The molecule has 0 saturated carbocycles. The number of piperidine rings is 1. The molecule has 1 atom stereocenters. The van der Waals surface area contributed by atoms with Gasteiger partial charge in [-0.2, -0.15) is 0 Å². The van der Waals surface area contributed by atoms with Crippen molar-refractivity contribution in [3.8, 4) is 5.75 Å². The third kappa shape index (κ3) is 4.02. The first-order valence-corrected chi connectivity index (χ1v) is 9.78. The highest BCUT2D eigenvalue weighted by atomic mass is 16.5. The Morgan fingerprint density at radius 2 is 1.96 bits per heavy atom. The molecule has 0 aliphatic carbocycles. The lowest BCUT2D eigenvalue weighted by Crippen LogP contribution is -2.52. The first kappa shape index (κ1) is 18.7. The van der Waals surface area contributed by atoms with Gasteiger partial charge in [-0.1, -0.05) is 18.2 Å². The summed E-state index contributed by atoms with van der Waals surface area (Å²) in [5, 5.41) is 0. The molecule has 5 nitrogen and oxygen atoms in total. The fourth-order valence-corrected chi connectivity index (χ4v) is 4.15. The second-order valence-corrected chi connectivity index (χ2v) is 7.81. The van der Waals surface area contributed by atoms with E-state index < -0.39 is 0 Å². The molecule has 2 aliphatic heterocycles. The van der Waals surface area contributed by atoms with Crippen LogP contribution in [0.4, 0.5) is 0 Å². The van der Waals surface area contributed by atoms with Gasteiger partial charge in [0.25, 0.3) is 0 Å². The van der Waals surface area contributed by atoms with Crippen LogP contribution in [0.3, 0.4) is 0 Å². The Hall–Kier alpha value is -2.04. The van der Waals surface area contributed by atoms with E-state index in [9.17, 15) is 9.59 Å². The highest BCUT2D eigenvalue weighted by molar-refractivity contribution is 5.86. The van der Waals surface area contributed by atoms with Crippen molar-refractivity contribution in [3.05, 3.63) is 30.3 Å². The monoisotopic (exact) mass is 358 g/mol. The minimum atomic E-state index is -0.335. The van der Waals surface area contributed by atoms with Crippen molar-refractivity contribution in [2.75, 3.05) is 26.2 Å². The number of carbonyl (C=O) groups is 2. The summed E-state index contributed by atoms with van der Waals surface area (Å²) >= 11 is 0. The minimum absolute atomic E-state index is 0.146. The van der Waals surface area contributed by atoms with Crippen LogP contribution in [-0.4, -0.2) is 53.9 Å². The van der Waals surface area contributed by atoms with Gasteiger partial charge in [-0.25, -0.2) is 0 Å². The van der Waals surface area contributed by atoms with Crippen molar-refractivity contribution in [1.29, 1.82) is 0 Å². The van der Waals surface area contributed by atoms with Gasteiger partial charge >= 0.3 is 0 Å². The van der Waals surface area contributed by atoms with Crippen molar-refractivity contribution in [3.63, 3.8) is 0 Å². The van der Waals surface area contributed by atoms with Crippen molar-refractivity contribution >= 4 is 11.8 Å². The van der Waals surface area contributed by atoms with Crippen LogP contribution < -0.4 is 4.74 Å². The van der Waals surface area contributed by atoms with E-state index in [4.69, 9.17) is 4.74 Å². The molecule has 1 aromatic carbocycles. The number of ether oxygens (including phenoxy) is 1. The summed E-state index contributed by atoms with van der Waals surface area (Å²) in [7, 11) is 0. The molecule has 0 aromatic heterocycles. The molecule has 5 heteroatoms. The first-order chi connectivity index (χ1) is 12.5. The lowest BCUT2D eigenvalue weighted by Gasteiger charge is -2.41. The Morgan fingerprint density at radius 1 is 1.19 bits per heavy atom. The van der Waals surface area contributed by atoms with E-state index in [1.807, 2.05) is 40.1 Å². The zero-order valence-electron chi connectivity index (χ0n) is 15.9. The Balaban J connectivity index is 1.47. The maximum Gasteiger partial charge on any atom is 0.230 e. The number of para-hydroxylation sites is 1. The average molecular weight is 358 g/mol. The maximum absolute atomic E-state index is 12.9. The first-order valence-electron chi connectivity index (χ1n) is 9.78. The molecule has 2 aliphatic rings. The van der Waals surface area contributed by atoms with Crippen molar-refractivity contribution < 1.29 is 14.3 Å². The average Bonchev–Trinajstić information content (AvgIpc) is 3.07. The van der Waals surface area contributed by atoms with Crippen molar-refractivity contribution in [2.45, 2.75) is 52.0 Å². The normalized spacial score (nSPS) is 23.1. The summed E-state index contributed by atoms with van der Waals surface area (Å²) < 4.78 is 5.65. The predicted molar refractivity (Wildman–Crippen MR) is 101 cm³/mol. The fourth-order valence-electron chi connectivity index (χ4n) is 4.15. The van der Waals surface area contributed by atoms with Gasteiger partial charge in [0.1, 0.15) is 5.75 Å². The number of hydrogen-bond donors (Lipinski definition) is 0. The van der Waals surface area contributed by atoms with Crippen LogP contribution in [0.1, 0.15) is 46.0 Å². The van der Waals surface area contributed by atoms with Gasteiger partial charge in [0.15, 0.2) is 0 Å². The topological polar surface area (TPSA) is 49.9 Å². The molecule has 26 heavy (non-hydrogen) atoms. The molecule has 2 amide bonds. The summed E-state index contributed by atoms with van der Waals surface area (Å²) in [4.78, 5) is 29.4. The summed E-state index contributed by atoms with van der Waals surface area (Å²) in [5.41, 5.74) is -0.335. The van der Waals surface area contributed by atoms with E-state index in [-0.39, 0.29) is 23.3 Å². The molecule has 142 valence electrons. The van der Waals surface area contributed by atoms with Gasteiger partial charge in [-0.05, 0) is 51.7 Å². The van der Waals surface area contributed by atoms with Gasteiger partial charge in [0.05, 0.1) is 12.0 Å². The Bertz CT molecular complexity index is 631. The smallest absolute Gasteiger partial charge is 0.230 e. The maximum atomic E-state index is 12.9. The van der Waals surface area contributed by atoms with Crippen LogP contribution in [0.25, 0.3) is 0 Å². The molecular weight excluding hydrogens is 328 g/mol. The highest BCUT2D eigenvalue weighted by Crippen LogP contribution is 2.40. The predicted octanol–water partition coefficient (Wildman–Crippen LogP) is 3.10. The standard InChI is InChI=1S/C21H30N2O3/c1-17(2)23-13-7-11-21(20(23)25)12-14-22(16-21)19(24)10-6-15-26-18-8-4-3-5-9-18/h3-5,8-9,17H,6-7,10-16H2,1-2H3/t21-/m0/s1. The second kappa shape index (κ2) is 8.11. The van der Waals surface area contributed by atoms with Crippen molar-refractivity contribution in [2.24, 2.45) is 5.41 Å². The van der Waals surface area contributed by atoms with Gasteiger partial charge in [0, 0.05) is 32.1 Å². The molecule has 0 radical (unpaired) electrons. The van der Waals surface area contributed by atoms with Crippen LogP contribution in [-0.2, 0) is 9.59 Å². The van der Waals surface area contributed by atoms with Crippen LogP contribution >= 0.6 is 0 Å². The number of amides is 2. The second-order valence-electron chi connectivity index (χ2n) is 7.81. The van der Waals surface area contributed by atoms with E-state index in [1.165, 1.54) is 0 Å². The molecule has 2 heterocycles. The molecule has 1 spiro atoms.